The van der Waals surface area contributed by atoms with Crippen LogP contribution in [0.4, 0.5) is 0 Å². The Morgan fingerprint density at radius 1 is 1.38 bits per heavy atom. The third-order valence-electron chi connectivity index (χ3n) is 3.61. The summed E-state index contributed by atoms with van der Waals surface area (Å²) < 4.78 is 11.8. The van der Waals surface area contributed by atoms with Crippen LogP contribution in [0.1, 0.15) is 25.5 Å². The first-order valence-electron chi connectivity index (χ1n) is 7.91. The molecule has 0 radical (unpaired) electrons. The summed E-state index contributed by atoms with van der Waals surface area (Å²) in [4.78, 5) is 27.9. The highest BCUT2D eigenvalue weighted by Gasteiger charge is 2.20. The van der Waals surface area contributed by atoms with Gasteiger partial charge in [0.25, 0.3) is 5.56 Å². The molecule has 7 nitrogen and oxygen atoms in total. The lowest BCUT2D eigenvalue weighted by molar-refractivity contribution is -0.143. The van der Waals surface area contributed by atoms with Crippen LogP contribution in [0.15, 0.2) is 39.9 Å². The Morgan fingerprint density at radius 2 is 2.04 bits per heavy atom. The van der Waals surface area contributed by atoms with Crippen LogP contribution in [0.3, 0.4) is 0 Å². The van der Waals surface area contributed by atoms with Crippen molar-refractivity contribution in [2.45, 2.75) is 32.5 Å². The van der Waals surface area contributed by atoms with E-state index in [2.05, 4.69) is 20.9 Å². The van der Waals surface area contributed by atoms with Crippen molar-refractivity contribution in [1.29, 1.82) is 0 Å². The predicted octanol–water partition coefficient (Wildman–Crippen LogP) is 2.69. The van der Waals surface area contributed by atoms with E-state index >= 15 is 0 Å². The van der Waals surface area contributed by atoms with Crippen molar-refractivity contribution < 1.29 is 14.3 Å². The molecule has 0 aliphatic carbocycles. The molecule has 0 amide bonds. The van der Waals surface area contributed by atoms with Crippen LogP contribution < -0.4 is 16.0 Å². The Balaban J connectivity index is 2.13. The smallest absolute Gasteiger partial charge is 0.326 e. The number of benzene rings is 1. The first kappa shape index (κ1) is 20.4. The van der Waals surface area contributed by atoms with Crippen LogP contribution in [0.2, 0.25) is 5.02 Å². The maximum atomic E-state index is 12.3. The van der Waals surface area contributed by atoms with Crippen LogP contribution in [0, 0.1) is 0 Å². The Kier molecular flexibility index (Phi) is 7.19. The predicted molar refractivity (Wildman–Crippen MR) is 101 cm³/mol. The Hall–Kier alpha value is -1.90. The summed E-state index contributed by atoms with van der Waals surface area (Å²) in [6, 6.07) is 6.67. The van der Waals surface area contributed by atoms with Crippen LogP contribution in [-0.2, 0) is 16.1 Å². The average molecular weight is 445 g/mol. The van der Waals surface area contributed by atoms with Crippen molar-refractivity contribution in [2.24, 2.45) is 5.73 Å². The molecule has 0 saturated heterocycles. The van der Waals surface area contributed by atoms with Gasteiger partial charge in [0.05, 0.1) is 12.6 Å². The Morgan fingerprint density at radius 3 is 2.65 bits per heavy atom. The van der Waals surface area contributed by atoms with E-state index in [0.717, 1.165) is 10.1 Å². The second-order valence-corrected chi connectivity index (χ2v) is 6.73. The molecule has 1 heterocycles. The number of nitrogens with zero attached hydrogens (tertiary/aromatic N) is 2. The third kappa shape index (κ3) is 5.06. The number of halogens is 2. The van der Waals surface area contributed by atoms with Gasteiger partial charge < -0.3 is 15.2 Å². The lowest BCUT2D eigenvalue weighted by atomic mass is 10.0. The van der Waals surface area contributed by atoms with Gasteiger partial charge in [0.2, 0.25) is 5.88 Å². The zero-order valence-corrected chi connectivity index (χ0v) is 16.7. The highest BCUT2D eigenvalue weighted by atomic mass is 79.9. The fraction of sp³-hybridized carbons (Fsp3) is 0.353. The molecule has 0 fully saturated rings. The zero-order chi connectivity index (χ0) is 19.3. The standard InChI is InChI=1S/C17H19BrClN3O4/c1-3-25-13(23)8-22-9-21-16(14(18)17(22)24)26-10(2)15(20)11-4-6-12(19)7-5-11/h4-7,9-10,15H,3,8,20H2,1-2H3/t10-,15-/m0/s1. The minimum atomic E-state index is -0.518. The zero-order valence-electron chi connectivity index (χ0n) is 14.3. The summed E-state index contributed by atoms with van der Waals surface area (Å²) in [5, 5.41) is 0.615. The number of aromatic nitrogens is 2. The van der Waals surface area contributed by atoms with Crippen molar-refractivity contribution in [3.63, 3.8) is 0 Å². The van der Waals surface area contributed by atoms with Crippen molar-refractivity contribution in [3.05, 3.63) is 56.0 Å². The lowest BCUT2D eigenvalue weighted by Crippen LogP contribution is -2.31. The van der Waals surface area contributed by atoms with E-state index in [9.17, 15) is 9.59 Å². The highest BCUT2D eigenvalue weighted by molar-refractivity contribution is 9.10. The van der Waals surface area contributed by atoms with E-state index in [-0.39, 0.29) is 23.5 Å². The first-order chi connectivity index (χ1) is 12.3. The van der Waals surface area contributed by atoms with E-state index in [1.807, 2.05) is 12.1 Å². The fourth-order valence-corrected chi connectivity index (χ4v) is 2.74. The SMILES string of the molecule is CCOC(=O)Cn1cnc(O[C@@H](C)[C@H](N)c2ccc(Cl)cc2)c(Br)c1=O. The molecule has 9 heteroatoms. The fourth-order valence-electron chi connectivity index (χ4n) is 2.19. The summed E-state index contributed by atoms with van der Waals surface area (Å²) in [5.41, 5.74) is 6.59. The monoisotopic (exact) mass is 443 g/mol. The largest absolute Gasteiger partial charge is 0.472 e. The number of carbonyl (C=O) groups is 1. The number of rotatable bonds is 7. The molecule has 2 atom stereocenters. The molecule has 2 N–H and O–H groups in total. The first-order valence-corrected chi connectivity index (χ1v) is 9.08. The summed E-state index contributed by atoms with van der Waals surface area (Å²) in [6.45, 7) is 3.48. The molecule has 2 rings (SSSR count). The summed E-state index contributed by atoms with van der Waals surface area (Å²) in [6.07, 6.45) is 0.778. The number of ether oxygens (including phenoxy) is 2. The van der Waals surface area contributed by atoms with Gasteiger partial charge in [-0.2, -0.15) is 0 Å². The molecule has 1 aromatic heterocycles. The molecular weight excluding hydrogens is 426 g/mol. The topological polar surface area (TPSA) is 96.4 Å². The summed E-state index contributed by atoms with van der Waals surface area (Å²) in [7, 11) is 0. The average Bonchev–Trinajstić information content (AvgIpc) is 2.61. The number of hydrogen-bond acceptors (Lipinski definition) is 6. The summed E-state index contributed by atoms with van der Waals surface area (Å²) in [5.74, 6) is -0.415. The van der Waals surface area contributed by atoms with Gasteiger partial charge >= 0.3 is 5.97 Å². The molecular formula is C17H19BrClN3O4. The molecule has 0 bridgehead atoms. The van der Waals surface area contributed by atoms with Crippen LogP contribution in [-0.4, -0.2) is 28.2 Å². The van der Waals surface area contributed by atoms with Gasteiger partial charge in [-0.25, -0.2) is 4.98 Å². The van der Waals surface area contributed by atoms with Gasteiger partial charge in [-0.15, -0.1) is 0 Å². The van der Waals surface area contributed by atoms with Gasteiger partial charge in [0.15, 0.2) is 0 Å². The number of esters is 1. The minimum Gasteiger partial charge on any atom is -0.472 e. The quantitative estimate of drug-likeness (QED) is 0.660. The molecule has 140 valence electrons. The van der Waals surface area contributed by atoms with Crippen molar-refractivity contribution in [3.8, 4) is 5.88 Å². The second-order valence-electron chi connectivity index (χ2n) is 5.50. The van der Waals surface area contributed by atoms with E-state index < -0.39 is 23.7 Å². The van der Waals surface area contributed by atoms with Gasteiger partial charge in [-0.05, 0) is 47.5 Å². The molecule has 1 aromatic carbocycles. The van der Waals surface area contributed by atoms with Crippen LogP contribution in [0.25, 0.3) is 0 Å². The molecule has 0 aliphatic rings. The Bertz CT molecular complexity index is 826. The van der Waals surface area contributed by atoms with E-state index in [4.69, 9.17) is 26.8 Å². The molecule has 0 saturated carbocycles. The maximum absolute atomic E-state index is 12.3. The van der Waals surface area contributed by atoms with Gasteiger partial charge in [-0.1, -0.05) is 23.7 Å². The van der Waals surface area contributed by atoms with Crippen molar-refractivity contribution in [1.82, 2.24) is 9.55 Å². The van der Waals surface area contributed by atoms with Gasteiger partial charge in [0, 0.05) is 5.02 Å². The van der Waals surface area contributed by atoms with Crippen molar-refractivity contribution >= 4 is 33.5 Å². The molecule has 0 spiro atoms. The van der Waals surface area contributed by atoms with Crippen LogP contribution in [0.5, 0.6) is 5.88 Å². The molecule has 2 aromatic rings. The summed E-state index contributed by atoms with van der Waals surface area (Å²) >= 11 is 9.05. The van der Waals surface area contributed by atoms with E-state index in [0.29, 0.717) is 5.02 Å². The van der Waals surface area contributed by atoms with Gasteiger partial charge in [-0.3, -0.25) is 14.2 Å². The molecule has 0 unspecified atom stereocenters. The highest BCUT2D eigenvalue weighted by Crippen LogP contribution is 2.23. The minimum absolute atomic E-state index is 0.104. The van der Waals surface area contributed by atoms with Crippen LogP contribution >= 0.6 is 27.5 Å². The van der Waals surface area contributed by atoms with Crippen molar-refractivity contribution in [2.75, 3.05) is 6.61 Å². The second kappa shape index (κ2) is 9.16. The van der Waals surface area contributed by atoms with E-state index in [1.165, 1.54) is 6.33 Å². The lowest BCUT2D eigenvalue weighted by Gasteiger charge is -2.22. The molecule has 0 aliphatic heterocycles. The number of carbonyl (C=O) groups excluding carboxylic acids is 1. The third-order valence-corrected chi connectivity index (χ3v) is 4.54. The molecule has 26 heavy (non-hydrogen) atoms. The maximum Gasteiger partial charge on any atom is 0.326 e. The normalized spacial score (nSPS) is 13.1. The Labute approximate surface area is 164 Å². The van der Waals surface area contributed by atoms with E-state index in [1.54, 1.807) is 26.0 Å². The number of nitrogens with two attached hydrogens (primary N) is 1. The van der Waals surface area contributed by atoms with Gasteiger partial charge in [0.1, 0.15) is 23.4 Å². The number of hydrogen-bond donors (Lipinski definition) is 1.